The van der Waals surface area contributed by atoms with E-state index in [9.17, 15) is 4.39 Å². The number of nitrogens with one attached hydrogen (secondary N) is 1. The summed E-state index contributed by atoms with van der Waals surface area (Å²) >= 11 is 6.00. The van der Waals surface area contributed by atoms with Crippen LogP contribution in [0.4, 0.5) is 4.39 Å². The van der Waals surface area contributed by atoms with Gasteiger partial charge in [0.05, 0.1) is 0 Å². The van der Waals surface area contributed by atoms with Crippen LogP contribution in [0.2, 0.25) is 5.02 Å². The molecule has 0 spiro atoms. The number of nitrogens with zero attached hydrogens (tertiary/aromatic N) is 1. The molecule has 1 atom stereocenters. The van der Waals surface area contributed by atoms with Gasteiger partial charge in [-0.1, -0.05) is 17.7 Å². The summed E-state index contributed by atoms with van der Waals surface area (Å²) in [5, 5.41) is 3.91. The van der Waals surface area contributed by atoms with Gasteiger partial charge in [-0.15, -0.1) is 0 Å². The van der Waals surface area contributed by atoms with Gasteiger partial charge in [0.1, 0.15) is 5.82 Å². The summed E-state index contributed by atoms with van der Waals surface area (Å²) in [6.07, 6.45) is 0.649. The Labute approximate surface area is 100 Å². The Morgan fingerprint density at radius 3 is 3.06 bits per heavy atom. The third kappa shape index (κ3) is 2.73. The zero-order chi connectivity index (χ0) is 11.5. The van der Waals surface area contributed by atoms with E-state index in [0.717, 1.165) is 19.6 Å². The topological polar surface area (TPSA) is 15.3 Å². The first kappa shape index (κ1) is 11.8. The molecule has 0 amide bonds. The lowest BCUT2D eigenvalue weighted by atomic mass is 10.0. The maximum atomic E-state index is 13.6. The Balaban J connectivity index is 2.08. The van der Waals surface area contributed by atoms with Crippen molar-refractivity contribution in [1.29, 1.82) is 0 Å². The van der Waals surface area contributed by atoms with E-state index in [1.54, 1.807) is 12.1 Å². The Morgan fingerprint density at radius 2 is 2.38 bits per heavy atom. The molecule has 1 aromatic rings. The van der Waals surface area contributed by atoms with Crippen LogP contribution >= 0.6 is 11.6 Å². The number of halogens is 2. The fourth-order valence-electron chi connectivity index (χ4n) is 2.10. The van der Waals surface area contributed by atoms with Crippen molar-refractivity contribution in [2.24, 2.45) is 0 Å². The maximum absolute atomic E-state index is 13.6. The molecule has 0 saturated carbocycles. The molecule has 88 valence electrons. The quantitative estimate of drug-likeness (QED) is 0.853. The largest absolute Gasteiger partial charge is 0.311 e. The summed E-state index contributed by atoms with van der Waals surface area (Å²) < 4.78 is 13.6. The van der Waals surface area contributed by atoms with Crippen LogP contribution in [0.5, 0.6) is 0 Å². The molecule has 1 N–H and O–H groups in total. The van der Waals surface area contributed by atoms with Gasteiger partial charge in [-0.25, -0.2) is 4.39 Å². The number of rotatable bonds is 2. The van der Waals surface area contributed by atoms with Crippen LogP contribution in [0.15, 0.2) is 18.2 Å². The molecule has 1 heterocycles. The molecule has 0 aliphatic carbocycles. The van der Waals surface area contributed by atoms with Crippen LogP contribution in [-0.4, -0.2) is 37.6 Å². The first-order valence-electron chi connectivity index (χ1n) is 5.51. The van der Waals surface area contributed by atoms with E-state index >= 15 is 0 Å². The van der Waals surface area contributed by atoms with Crippen molar-refractivity contribution in [2.45, 2.75) is 12.5 Å². The van der Waals surface area contributed by atoms with Crippen LogP contribution in [0, 0.1) is 5.82 Å². The molecule has 1 aliphatic rings. The van der Waals surface area contributed by atoms with E-state index < -0.39 is 0 Å². The fraction of sp³-hybridized carbons (Fsp3) is 0.500. The molecule has 0 bridgehead atoms. The van der Waals surface area contributed by atoms with Gasteiger partial charge in [0.2, 0.25) is 0 Å². The van der Waals surface area contributed by atoms with Gasteiger partial charge >= 0.3 is 0 Å². The maximum Gasteiger partial charge on any atom is 0.127 e. The van der Waals surface area contributed by atoms with Gasteiger partial charge in [0.25, 0.3) is 0 Å². The van der Waals surface area contributed by atoms with Crippen LogP contribution in [0.1, 0.15) is 5.56 Å². The molecule has 16 heavy (non-hydrogen) atoms. The monoisotopic (exact) mass is 242 g/mol. The summed E-state index contributed by atoms with van der Waals surface area (Å²) in [5.74, 6) is -0.206. The van der Waals surface area contributed by atoms with Crippen LogP contribution < -0.4 is 5.32 Å². The predicted molar refractivity (Wildman–Crippen MR) is 64.4 cm³/mol. The third-order valence-corrected chi connectivity index (χ3v) is 3.32. The summed E-state index contributed by atoms with van der Waals surface area (Å²) in [7, 11) is 2.08. The molecule has 2 rings (SSSR count). The van der Waals surface area contributed by atoms with Crippen molar-refractivity contribution in [1.82, 2.24) is 10.2 Å². The second-order valence-corrected chi connectivity index (χ2v) is 4.72. The number of hydrogen-bond acceptors (Lipinski definition) is 2. The van der Waals surface area contributed by atoms with Gasteiger partial charge in [-0.3, -0.25) is 0 Å². The highest BCUT2D eigenvalue weighted by molar-refractivity contribution is 6.31. The van der Waals surface area contributed by atoms with Crippen molar-refractivity contribution >= 4 is 11.6 Å². The van der Waals surface area contributed by atoms with Crippen molar-refractivity contribution in [3.8, 4) is 0 Å². The average molecular weight is 243 g/mol. The number of likely N-dealkylation sites (N-methyl/N-ethyl adjacent to an activating group) is 1. The third-order valence-electron chi connectivity index (χ3n) is 2.97. The van der Waals surface area contributed by atoms with Crippen LogP contribution in [-0.2, 0) is 6.42 Å². The predicted octanol–water partition coefficient (Wildman–Crippen LogP) is 1.93. The summed E-state index contributed by atoms with van der Waals surface area (Å²) in [6.45, 7) is 2.93. The van der Waals surface area contributed by atoms with E-state index in [0.29, 0.717) is 17.0 Å². The van der Waals surface area contributed by atoms with E-state index in [-0.39, 0.29) is 11.9 Å². The molecule has 1 aliphatic heterocycles. The fourth-order valence-corrected chi connectivity index (χ4v) is 2.34. The molecule has 1 saturated heterocycles. The van der Waals surface area contributed by atoms with Gasteiger partial charge < -0.3 is 10.2 Å². The van der Waals surface area contributed by atoms with E-state index in [1.165, 1.54) is 6.07 Å². The zero-order valence-corrected chi connectivity index (χ0v) is 10.1. The highest BCUT2D eigenvalue weighted by Crippen LogP contribution is 2.21. The Morgan fingerprint density at radius 1 is 1.56 bits per heavy atom. The lowest BCUT2D eigenvalue weighted by molar-refractivity contribution is 0.237. The molecule has 2 nitrogen and oxygen atoms in total. The molecule has 0 aromatic heterocycles. The van der Waals surface area contributed by atoms with Crippen molar-refractivity contribution in [3.05, 3.63) is 34.6 Å². The van der Waals surface area contributed by atoms with Crippen molar-refractivity contribution < 1.29 is 4.39 Å². The Hall–Kier alpha value is -0.640. The summed E-state index contributed by atoms with van der Waals surface area (Å²) in [5.41, 5.74) is 0.622. The SMILES string of the molecule is CN1CCNC(Cc2c(F)cccc2Cl)C1. The average Bonchev–Trinajstić information content (AvgIpc) is 2.24. The summed E-state index contributed by atoms with van der Waals surface area (Å²) in [6, 6.07) is 5.13. The molecule has 0 radical (unpaired) electrons. The molecular weight excluding hydrogens is 227 g/mol. The molecule has 1 fully saturated rings. The van der Waals surface area contributed by atoms with E-state index in [4.69, 9.17) is 11.6 Å². The molecular formula is C12H16ClFN2. The molecule has 1 unspecified atom stereocenters. The lowest BCUT2D eigenvalue weighted by Crippen LogP contribution is -2.50. The smallest absolute Gasteiger partial charge is 0.127 e. The molecule has 4 heteroatoms. The second kappa shape index (κ2) is 5.13. The van der Waals surface area contributed by atoms with E-state index in [1.807, 2.05) is 0 Å². The number of piperazine rings is 1. The van der Waals surface area contributed by atoms with Gasteiger partial charge in [-0.2, -0.15) is 0 Å². The lowest BCUT2D eigenvalue weighted by Gasteiger charge is -2.31. The number of benzene rings is 1. The minimum Gasteiger partial charge on any atom is -0.311 e. The standard InChI is InChI=1S/C12H16ClFN2/c1-16-6-5-15-9(8-16)7-10-11(13)3-2-4-12(10)14/h2-4,9,15H,5-8H2,1H3. The summed E-state index contributed by atoms with van der Waals surface area (Å²) in [4.78, 5) is 2.25. The van der Waals surface area contributed by atoms with Gasteiger partial charge in [-0.05, 0) is 25.6 Å². The normalized spacial score (nSPS) is 22.3. The van der Waals surface area contributed by atoms with Crippen molar-refractivity contribution in [2.75, 3.05) is 26.7 Å². The minimum atomic E-state index is -0.206. The van der Waals surface area contributed by atoms with Crippen LogP contribution in [0.25, 0.3) is 0 Å². The first-order chi connectivity index (χ1) is 7.66. The second-order valence-electron chi connectivity index (χ2n) is 4.32. The Kier molecular flexibility index (Phi) is 3.79. The van der Waals surface area contributed by atoms with Gasteiger partial charge in [0.15, 0.2) is 0 Å². The Bertz CT molecular complexity index is 350. The molecule has 1 aromatic carbocycles. The van der Waals surface area contributed by atoms with Crippen molar-refractivity contribution in [3.63, 3.8) is 0 Å². The number of hydrogen-bond donors (Lipinski definition) is 1. The van der Waals surface area contributed by atoms with Crippen LogP contribution in [0.3, 0.4) is 0 Å². The first-order valence-corrected chi connectivity index (χ1v) is 5.89. The minimum absolute atomic E-state index is 0.206. The van der Waals surface area contributed by atoms with E-state index in [2.05, 4.69) is 17.3 Å². The highest BCUT2D eigenvalue weighted by Gasteiger charge is 2.19. The van der Waals surface area contributed by atoms with Gasteiger partial charge in [0, 0.05) is 36.3 Å². The highest BCUT2D eigenvalue weighted by atomic mass is 35.5. The zero-order valence-electron chi connectivity index (χ0n) is 9.34.